The Morgan fingerprint density at radius 3 is 2.56 bits per heavy atom. The Labute approximate surface area is 90.0 Å². The van der Waals surface area contributed by atoms with E-state index in [0.29, 0.717) is 5.56 Å². The van der Waals surface area contributed by atoms with Crippen molar-refractivity contribution < 1.29 is 18.1 Å². The molecule has 0 fully saturated rings. The minimum absolute atomic E-state index is 0.325. The van der Waals surface area contributed by atoms with Crippen LogP contribution in [-0.4, -0.2) is 11.5 Å². The summed E-state index contributed by atoms with van der Waals surface area (Å²) in [6, 6.07) is 4.62. The Kier molecular flexibility index (Phi) is 3.51. The van der Waals surface area contributed by atoms with Crippen molar-refractivity contribution in [2.45, 2.75) is 19.0 Å². The fourth-order valence-corrected chi connectivity index (χ4v) is 1.35. The first-order valence-electron chi connectivity index (χ1n) is 4.59. The fraction of sp³-hybridized carbons (Fsp3) is 0.400. The van der Waals surface area contributed by atoms with Gasteiger partial charge in [-0.1, -0.05) is 25.1 Å². The maximum absolute atomic E-state index is 12.4. The van der Waals surface area contributed by atoms with Gasteiger partial charge < -0.3 is 0 Å². The van der Waals surface area contributed by atoms with Gasteiger partial charge in [-0.3, -0.25) is 10.1 Å². The van der Waals surface area contributed by atoms with E-state index in [0.717, 1.165) is 12.1 Å². The Bertz CT molecular complexity index is 390. The summed E-state index contributed by atoms with van der Waals surface area (Å²) >= 11 is 0. The molecule has 0 saturated carbocycles. The number of nitro groups is 1. The third-order valence-corrected chi connectivity index (χ3v) is 2.21. The van der Waals surface area contributed by atoms with E-state index in [1.54, 1.807) is 0 Å². The molecular formula is C10H10F3NO2. The second-order valence-corrected chi connectivity index (χ2v) is 3.54. The first-order chi connectivity index (χ1) is 7.30. The van der Waals surface area contributed by atoms with Crippen LogP contribution in [0.1, 0.15) is 24.0 Å². The van der Waals surface area contributed by atoms with Crippen molar-refractivity contribution in [3.63, 3.8) is 0 Å². The summed E-state index contributed by atoms with van der Waals surface area (Å²) in [5.74, 6) is -0.530. The average molecular weight is 233 g/mol. The lowest BCUT2D eigenvalue weighted by molar-refractivity contribution is -0.482. The molecule has 0 aliphatic heterocycles. The van der Waals surface area contributed by atoms with Crippen LogP contribution in [0.5, 0.6) is 0 Å². The molecule has 16 heavy (non-hydrogen) atoms. The Morgan fingerprint density at radius 1 is 1.44 bits per heavy atom. The van der Waals surface area contributed by atoms with Gasteiger partial charge in [0.1, 0.15) is 0 Å². The van der Waals surface area contributed by atoms with Crippen LogP contribution in [0.25, 0.3) is 0 Å². The second-order valence-electron chi connectivity index (χ2n) is 3.54. The lowest BCUT2D eigenvalue weighted by Crippen LogP contribution is -2.11. The molecule has 0 aliphatic carbocycles. The average Bonchev–Trinajstić information content (AvgIpc) is 2.15. The van der Waals surface area contributed by atoms with Crippen molar-refractivity contribution in [3.05, 3.63) is 45.5 Å². The summed E-state index contributed by atoms with van der Waals surface area (Å²) in [4.78, 5) is 9.71. The molecule has 3 nitrogen and oxygen atoms in total. The number of alkyl halides is 3. The standard InChI is InChI=1S/C10H10F3NO2/c1-7(6-14(15)16)8-3-2-4-9(5-8)10(11,12)13/h2-5,7H,6H2,1H3. The Balaban J connectivity index is 2.94. The molecule has 1 aromatic carbocycles. The van der Waals surface area contributed by atoms with E-state index in [1.807, 2.05) is 0 Å². The van der Waals surface area contributed by atoms with Crippen LogP contribution >= 0.6 is 0 Å². The Morgan fingerprint density at radius 2 is 2.06 bits per heavy atom. The predicted molar refractivity (Wildman–Crippen MR) is 51.7 cm³/mol. The molecule has 1 aromatic rings. The molecule has 0 bridgehead atoms. The van der Waals surface area contributed by atoms with E-state index >= 15 is 0 Å². The minimum atomic E-state index is -4.41. The molecule has 1 rings (SSSR count). The smallest absolute Gasteiger partial charge is 0.265 e. The van der Waals surface area contributed by atoms with Crippen molar-refractivity contribution in [2.75, 3.05) is 6.54 Å². The maximum Gasteiger partial charge on any atom is 0.416 e. The summed E-state index contributed by atoms with van der Waals surface area (Å²) in [6.45, 7) is 1.15. The zero-order valence-electron chi connectivity index (χ0n) is 8.49. The molecule has 0 N–H and O–H groups in total. The summed E-state index contributed by atoms with van der Waals surface area (Å²) in [5, 5.41) is 10.2. The molecule has 0 aromatic heterocycles. The van der Waals surface area contributed by atoms with Gasteiger partial charge >= 0.3 is 6.18 Å². The van der Waals surface area contributed by atoms with Crippen LogP contribution in [0.15, 0.2) is 24.3 Å². The normalized spacial score (nSPS) is 13.5. The summed E-state index contributed by atoms with van der Waals surface area (Å²) < 4.78 is 37.1. The summed E-state index contributed by atoms with van der Waals surface area (Å²) in [7, 11) is 0. The van der Waals surface area contributed by atoms with E-state index in [9.17, 15) is 23.3 Å². The number of nitrogens with zero attached hydrogens (tertiary/aromatic N) is 1. The van der Waals surface area contributed by atoms with Gasteiger partial charge in [-0.05, 0) is 11.6 Å². The van der Waals surface area contributed by atoms with Gasteiger partial charge in [0.05, 0.1) is 5.56 Å². The summed E-state index contributed by atoms with van der Waals surface area (Å²) in [6.07, 6.45) is -4.41. The zero-order chi connectivity index (χ0) is 12.3. The molecule has 0 amide bonds. The lowest BCUT2D eigenvalue weighted by Gasteiger charge is -2.11. The molecule has 0 spiro atoms. The molecule has 1 atom stereocenters. The van der Waals surface area contributed by atoms with Crippen LogP contribution in [-0.2, 0) is 6.18 Å². The van der Waals surface area contributed by atoms with Crippen LogP contribution in [0.4, 0.5) is 13.2 Å². The molecule has 0 heterocycles. The molecule has 6 heteroatoms. The van der Waals surface area contributed by atoms with Crippen molar-refractivity contribution in [1.82, 2.24) is 0 Å². The summed E-state index contributed by atoms with van der Waals surface area (Å²) in [5.41, 5.74) is -0.452. The van der Waals surface area contributed by atoms with Crippen molar-refractivity contribution >= 4 is 0 Å². The SMILES string of the molecule is CC(C[N+](=O)[O-])c1cccc(C(F)(F)F)c1. The highest BCUT2D eigenvalue weighted by Crippen LogP contribution is 2.31. The molecule has 88 valence electrons. The number of hydrogen-bond donors (Lipinski definition) is 0. The number of hydrogen-bond acceptors (Lipinski definition) is 2. The quantitative estimate of drug-likeness (QED) is 0.594. The first-order valence-corrected chi connectivity index (χ1v) is 4.59. The van der Waals surface area contributed by atoms with E-state index in [-0.39, 0.29) is 6.54 Å². The van der Waals surface area contributed by atoms with Gasteiger partial charge in [-0.15, -0.1) is 0 Å². The zero-order valence-corrected chi connectivity index (χ0v) is 8.49. The van der Waals surface area contributed by atoms with E-state index in [4.69, 9.17) is 0 Å². The van der Waals surface area contributed by atoms with Crippen LogP contribution in [0.3, 0.4) is 0 Å². The van der Waals surface area contributed by atoms with E-state index in [1.165, 1.54) is 19.1 Å². The monoisotopic (exact) mass is 233 g/mol. The van der Waals surface area contributed by atoms with E-state index < -0.39 is 22.6 Å². The molecular weight excluding hydrogens is 223 g/mol. The third kappa shape index (κ3) is 3.22. The van der Waals surface area contributed by atoms with Gasteiger partial charge in [0.15, 0.2) is 0 Å². The van der Waals surface area contributed by atoms with Crippen LogP contribution in [0, 0.1) is 10.1 Å². The van der Waals surface area contributed by atoms with Gasteiger partial charge in [-0.25, -0.2) is 0 Å². The van der Waals surface area contributed by atoms with Crippen molar-refractivity contribution in [1.29, 1.82) is 0 Å². The van der Waals surface area contributed by atoms with Gasteiger partial charge in [-0.2, -0.15) is 13.2 Å². The highest BCUT2D eigenvalue weighted by molar-refractivity contribution is 5.27. The third-order valence-electron chi connectivity index (χ3n) is 2.21. The van der Waals surface area contributed by atoms with Crippen molar-refractivity contribution in [3.8, 4) is 0 Å². The first kappa shape index (κ1) is 12.5. The van der Waals surface area contributed by atoms with Crippen LogP contribution < -0.4 is 0 Å². The predicted octanol–water partition coefficient (Wildman–Crippen LogP) is 3.09. The topological polar surface area (TPSA) is 43.1 Å². The molecule has 0 saturated heterocycles. The molecule has 1 unspecified atom stereocenters. The Hall–Kier alpha value is -1.59. The highest BCUT2D eigenvalue weighted by Gasteiger charge is 2.30. The minimum Gasteiger partial charge on any atom is -0.265 e. The van der Waals surface area contributed by atoms with Gasteiger partial charge in [0.25, 0.3) is 0 Å². The number of halogens is 3. The van der Waals surface area contributed by atoms with Gasteiger partial charge in [0, 0.05) is 10.8 Å². The number of benzene rings is 1. The largest absolute Gasteiger partial charge is 0.416 e. The maximum atomic E-state index is 12.4. The van der Waals surface area contributed by atoms with Crippen molar-refractivity contribution in [2.24, 2.45) is 0 Å². The fourth-order valence-electron chi connectivity index (χ4n) is 1.35. The number of rotatable bonds is 3. The van der Waals surface area contributed by atoms with Crippen LogP contribution in [0.2, 0.25) is 0 Å². The lowest BCUT2D eigenvalue weighted by atomic mass is 9.99. The molecule has 0 radical (unpaired) electrons. The highest BCUT2D eigenvalue weighted by atomic mass is 19.4. The second kappa shape index (κ2) is 4.51. The van der Waals surface area contributed by atoms with E-state index in [2.05, 4.69) is 0 Å². The van der Waals surface area contributed by atoms with Gasteiger partial charge in [0.2, 0.25) is 6.54 Å². The molecule has 0 aliphatic rings.